The van der Waals surface area contributed by atoms with Crippen LogP contribution in [0.4, 0.5) is 0 Å². The van der Waals surface area contributed by atoms with Crippen molar-refractivity contribution in [3.05, 3.63) is 158 Å². The molecule has 0 saturated heterocycles. The van der Waals surface area contributed by atoms with Gasteiger partial charge in [-0.25, -0.2) is 0 Å². The van der Waals surface area contributed by atoms with E-state index in [9.17, 15) is 14.4 Å². The van der Waals surface area contributed by atoms with Crippen LogP contribution in [0.25, 0.3) is 0 Å². The standard InChI is InChI=1S/C59H88O6/c1-4-7-10-13-16-19-22-25-28-31-34-37-40-43-46-49-52-58(61)64-55-56(54-63-57(60)51-48-45-42-39-36-33-30-27-24-21-18-15-12-9-6-3)65-59(62)53-50-47-44-41-38-35-32-29-26-23-20-17-14-11-8-5-2/h7-12,15-21,24-30,33-34,36-37,43,46,56H,4-6,13-14,22-23,31-32,35,38-42,44-45,47-55H2,1-3H3/b10-7-,11-8-,12-9-,18-15-,19-16-,20-17-,24-21-,28-25-,29-26-,30-27-,36-33-,37-34-,46-43-. The van der Waals surface area contributed by atoms with Crippen molar-refractivity contribution >= 4 is 17.9 Å². The van der Waals surface area contributed by atoms with E-state index in [1.807, 2.05) is 60.8 Å². The predicted molar refractivity (Wildman–Crippen MR) is 278 cm³/mol. The number of esters is 3. The van der Waals surface area contributed by atoms with E-state index in [4.69, 9.17) is 14.2 Å². The molecule has 1 atom stereocenters. The van der Waals surface area contributed by atoms with Crippen LogP contribution in [0, 0.1) is 0 Å². The van der Waals surface area contributed by atoms with Gasteiger partial charge in [-0.3, -0.25) is 14.4 Å². The Labute approximate surface area is 397 Å². The van der Waals surface area contributed by atoms with E-state index in [0.29, 0.717) is 12.8 Å². The fourth-order valence-corrected chi connectivity index (χ4v) is 5.99. The first-order chi connectivity index (χ1) is 32.0. The molecule has 0 aromatic heterocycles. The van der Waals surface area contributed by atoms with E-state index in [1.165, 1.54) is 12.8 Å². The Bertz CT molecular complexity index is 1540. The maximum absolute atomic E-state index is 12.8. The molecule has 0 aliphatic rings. The fraction of sp³-hybridized carbons (Fsp3) is 0.508. The Kier molecular flexibility index (Phi) is 47.7. The molecule has 0 bridgehead atoms. The molecule has 0 heterocycles. The number of carbonyl (C=O) groups is 3. The zero-order valence-corrected chi connectivity index (χ0v) is 40.9. The topological polar surface area (TPSA) is 78.9 Å². The molecule has 65 heavy (non-hydrogen) atoms. The highest BCUT2D eigenvalue weighted by Gasteiger charge is 2.19. The second kappa shape index (κ2) is 51.7. The number of unbranched alkanes of at least 4 members (excludes halogenated alkanes) is 9. The zero-order valence-electron chi connectivity index (χ0n) is 40.9. The third-order valence-electron chi connectivity index (χ3n) is 9.65. The minimum atomic E-state index is -0.840. The fourth-order valence-electron chi connectivity index (χ4n) is 5.99. The van der Waals surface area contributed by atoms with Crippen LogP contribution in [0.2, 0.25) is 0 Å². The lowest BCUT2D eigenvalue weighted by Crippen LogP contribution is -2.30. The lowest BCUT2D eigenvalue weighted by molar-refractivity contribution is -0.166. The van der Waals surface area contributed by atoms with Gasteiger partial charge in [0.05, 0.1) is 0 Å². The molecule has 1 unspecified atom stereocenters. The summed E-state index contributed by atoms with van der Waals surface area (Å²) in [5.74, 6) is -1.09. The molecular formula is C59H88O6. The van der Waals surface area contributed by atoms with Crippen LogP contribution >= 0.6 is 0 Å². The quantitative estimate of drug-likeness (QED) is 0.0200. The molecule has 0 amide bonds. The Morgan fingerprint density at radius 3 is 1.15 bits per heavy atom. The van der Waals surface area contributed by atoms with E-state index in [1.54, 1.807) is 0 Å². The Morgan fingerprint density at radius 2 is 0.662 bits per heavy atom. The molecule has 0 aromatic rings. The zero-order chi connectivity index (χ0) is 47.2. The highest BCUT2D eigenvalue weighted by atomic mass is 16.6. The summed E-state index contributed by atoms with van der Waals surface area (Å²) in [7, 11) is 0. The minimum absolute atomic E-state index is 0.136. The van der Waals surface area contributed by atoms with Gasteiger partial charge in [-0.2, -0.15) is 0 Å². The summed E-state index contributed by atoms with van der Waals surface area (Å²) >= 11 is 0. The summed E-state index contributed by atoms with van der Waals surface area (Å²) < 4.78 is 16.7. The minimum Gasteiger partial charge on any atom is -0.462 e. The summed E-state index contributed by atoms with van der Waals surface area (Å²) in [6.07, 6.45) is 75.2. The number of rotatable bonds is 42. The van der Waals surface area contributed by atoms with Crippen molar-refractivity contribution in [3.8, 4) is 0 Å². The lowest BCUT2D eigenvalue weighted by Gasteiger charge is -2.18. The molecule has 0 N–H and O–H groups in total. The summed E-state index contributed by atoms with van der Waals surface area (Å²) in [5.41, 5.74) is 0. The lowest BCUT2D eigenvalue weighted by atomic mass is 10.1. The van der Waals surface area contributed by atoms with Gasteiger partial charge < -0.3 is 14.2 Å². The van der Waals surface area contributed by atoms with Gasteiger partial charge in [-0.1, -0.05) is 211 Å². The van der Waals surface area contributed by atoms with Crippen LogP contribution in [0.1, 0.15) is 175 Å². The van der Waals surface area contributed by atoms with Crippen molar-refractivity contribution in [2.24, 2.45) is 0 Å². The average molecular weight is 893 g/mol. The van der Waals surface area contributed by atoms with Crippen molar-refractivity contribution in [1.82, 2.24) is 0 Å². The van der Waals surface area contributed by atoms with E-state index in [2.05, 4.69) is 118 Å². The van der Waals surface area contributed by atoms with Crippen molar-refractivity contribution in [3.63, 3.8) is 0 Å². The van der Waals surface area contributed by atoms with Crippen molar-refractivity contribution in [2.75, 3.05) is 13.2 Å². The molecule has 0 aliphatic carbocycles. The van der Waals surface area contributed by atoms with Crippen LogP contribution in [0.3, 0.4) is 0 Å². The number of hydrogen-bond acceptors (Lipinski definition) is 6. The third kappa shape index (κ3) is 49.9. The van der Waals surface area contributed by atoms with Gasteiger partial charge in [0.25, 0.3) is 0 Å². The van der Waals surface area contributed by atoms with E-state index >= 15 is 0 Å². The van der Waals surface area contributed by atoms with Crippen LogP contribution in [0.5, 0.6) is 0 Å². The summed E-state index contributed by atoms with van der Waals surface area (Å²) in [4.78, 5) is 37.9. The first-order valence-corrected chi connectivity index (χ1v) is 25.1. The maximum atomic E-state index is 12.8. The normalized spacial score (nSPS) is 13.5. The number of hydrogen-bond donors (Lipinski definition) is 0. The second-order valence-corrected chi connectivity index (χ2v) is 15.7. The molecular weight excluding hydrogens is 805 g/mol. The van der Waals surface area contributed by atoms with Gasteiger partial charge in [0.15, 0.2) is 6.10 Å². The smallest absolute Gasteiger partial charge is 0.306 e. The van der Waals surface area contributed by atoms with Crippen molar-refractivity contribution in [1.29, 1.82) is 0 Å². The van der Waals surface area contributed by atoms with Gasteiger partial charge >= 0.3 is 17.9 Å². The second-order valence-electron chi connectivity index (χ2n) is 15.7. The summed E-state index contributed by atoms with van der Waals surface area (Å²) in [5, 5.41) is 0. The van der Waals surface area contributed by atoms with Gasteiger partial charge in [0, 0.05) is 19.3 Å². The Morgan fingerprint density at radius 1 is 0.323 bits per heavy atom. The Hall–Kier alpha value is -4.97. The molecule has 360 valence electrons. The van der Waals surface area contributed by atoms with Gasteiger partial charge in [-0.05, 0) is 103 Å². The van der Waals surface area contributed by atoms with E-state index in [0.717, 1.165) is 109 Å². The number of ether oxygens (including phenoxy) is 3. The van der Waals surface area contributed by atoms with E-state index < -0.39 is 6.10 Å². The SMILES string of the molecule is CC\C=C/C=C\C=C/C=C\C=C/CCCCCC(=O)OCC(COC(=O)CC/C=C\C/C=C\C/C=C\C/C=C\C/C=C\CC)OC(=O)CCCCCCCC/C=C\C/C=C\C/C=C\CC. The molecule has 6 heteroatoms. The highest BCUT2D eigenvalue weighted by molar-refractivity contribution is 5.71. The van der Waals surface area contributed by atoms with Gasteiger partial charge in [-0.15, -0.1) is 0 Å². The largest absolute Gasteiger partial charge is 0.462 e. The van der Waals surface area contributed by atoms with E-state index in [-0.39, 0.29) is 50.4 Å². The van der Waals surface area contributed by atoms with Crippen LogP contribution in [0.15, 0.2) is 158 Å². The first-order valence-electron chi connectivity index (χ1n) is 25.1. The molecule has 6 nitrogen and oxygen atoms in total. The monoisotopic (exact) mass is 893 g/mol. The third-order valence-corrected chi connectivity index (χ3v) is 9.65. The molecule has 0 spiro atoms. The number of allylic oxidation sites excluding steroid dienone is 26. The maximum Gasteiger partial charge on any atom is 0.306 e. The van der Waals surface area contributed by atoms with Gasteiger partial charge in [0.1, 0.15) is 13.2 Å². The average Bonchev–Trinajstić information content (AvgIpc) is 3.30. The molecule has 0 rings (SSSR count). The van der Waals surface area contributed by atoms with Crippen LogP contribution in [-0.4, -0.2) is 37.2 Å². The molecule has 0 aliphatic heterocycles. The van der Waals surface area contributed by atoms with Crippen LogP contribution in [-0.2, 0) is 28.6 Å². The molecule has 0 fully saturated rings. The molecule has 0 aromatic carbocycles. The van der Waals surface area contributed by atoms with Gasteiger partial charge in [0.2, 0.25) is 0 Å². The Balaban J connectivity index is 4.64. The molecule has 0 saturated carbocycles. The van der Waals surface area contributed by atoms with Crippen molar-refractivity contribution in [2.45, 2.75) is 181 Å². The summed E-state index contributed by atoms with van der Waals surface area (Å²) in [6, 6.07) is 0. The molecule has 0 radical (unpaired) electrons. The first kappa shape index (κ1) is 60.0. The predicted octanol–water partition coefficient (Wildman–Crippen LogP) is 16.6. The summed E-state index contributed by atoms with van der Waals surface area (Å²) in [6.45, 7) is 6.12. The number of carbonyl (C=O) groups excluding carboxylic acids is 3. The van der Waals surface area contributed by atoms with Crippen LogP contribution < -0.4 is 0 Å². The highest BCUT2D eigenvalue weighted by Crippen LogP contribution is 2.12. The van der Waals surface area contributed by atoms with Crippen molar-refractivity contribution < 1.29 is 28.6 Å².